The highest BCUT2D eigenvalue weighted by atomic mass is 15.3. The van der Waals surface area contributed by atoms with Gasteiger partial charge in [-0.05, 0) is 38.5 Å². The van der Waals surface area contributed by atoms with E-state index in [0.29, 0.717) is 17.3 Å². The first kappa shape index (κ1) is 15.8. The molecule has 6 heteroatoms. The SMILES string of the molecule is CCCNc1nc(NCC2(C)CC2)nc(N(CC)CC)n1. The number of hydrogen-bond acceptors (Lipinski definition) is 6. The molecule has 1 fully saturated rings. The molecular weight excluding hydrogens is 264 g/mol. The second kappa shape index (κ2) is 6.91. The Bertz CT molecular complexity index is 453. The summed E-state index contributed by atoms with van der Waals surface area (Å²) < 4.78 is 0. The smallest absolute Gasteiger partial charge is 0.231 e. The summed E-state index contributed by atoms with van der Waals surface area (Å²) in [4.78, 5) is 15.7. The van der Waals surface area contributed by atoms with E-state index in [1.165, 1.54) is 12.8 Å². The third-order valence-corrected chi connectivity index (χ3v) is 3.98. The van der Waals surface area contributed by atoms with Crippen LogP contribution in [0.3, 0.4) is 0 Å². The van der Waals surface area contributed by atoms with Crippen LogP contribution in [0.2, 0.25) is 0 Å². The second-order valence-corrected chi connectivity index (χ2v) is 6.05. The molecule has 1 aromatic rings. The molecule has 0 saturated heterocycles. The lowest BCUT2D eigenvalue weighted by atomic mass is 10.1. The van der Waals surface area contributed by atoms with Gasteiger partial charge in [-0.25, -0.2) is 0 Å². The number of anilines is 3. The Hall–Kier alpha value is -1.59. The van der Waals surface area contributed by atoms with Crippen LogP contribution < -0.4 is 15.5 Å². The first-order valence-corrected chi connectivity index (χ1v) is 8.09. The minimum atomic E-state index is 0.430. The van der Waals surface area contributed by atoms with Crippen molar-refractivity contribution in [3.8, 4) is 0 Å². The molecule has 0 atom stereocenters. The van der Waals surface area contributed by atoms with Crippen molar-refractivity contribution in [1.29, 1.82) is 0 Å². The quantitative estimate of drug-likeness (QED) is 0.729. The van der Waals surface area contributed by atoms with E-state index in [1.807, 2.05) is 0 Å². The molecule has 21 heavy (non-hydrogen) atoms. The van der Waals surface area contributed by atoms with Gasteiger partial charge in [-0.3, -0.25) is 0 Å². The van der Waals surface area contributed by atoms with Crippen molar-refractivity contribution in [3.63, 3.8) is 0 Å². The Morgan fingerprint density at radius 3 is 2.14 bits per heavy atom. The molecule has 118 valence electrons. The Labute approximate surface area is 127 Å². The van der Waals surface area contributed by atoms with Crippen molar-refractivity contribution in [3.05, 3.63) is 0 Å². The van der Waals surface area contributed by atoms with Crippen LogP contribution in [0.15, 0.2) is 0 Å². The predicted octanol–water partition coefficient (Wildman–Crippen LogP) is 2.75. The predicted molar refractivity (Wildman–Crippen MR) is 88.0 cm³/mol. The molecule has 0 radical (unpaired) electrons. The van der Waals surface area contributed by atoms with Gasteiger partial charge in [0.2, 0.25) is 17.8 Å². The summed E-state index contributed by atoms with van der Waals surface area (Å²) in [6, 6.07) is 0. The summed E-state index contributed by atoms with van der Waals surface area (Å²) >= 11 is 0. The lowest BCUT2D eigenvalue weighted by Crippen LogP contribution is -2.26. The van der Waals surface area contributed by atoms with Gasteiger partial charge in [0.1, 0.15) is 0 Å². The third-order valence-electron chi connectivity index (χ3n) is 3.98. The van der Waals surface area contributed by atoms with E-state index < -0.39 is 0 Å². The molecule has 1 aliphatic rings. The summed E-state index contributed by atoms with van der Waals surface area (Å²) in [7, 11) is 0. The first-order chi connectivity index (χ1) is 10.1. The van der Waals surface area contributed by atoms with Crippen molar-refractivity contribution < 1.29 is 0 Å². The molecule has 1 heterocycles. The van der Waals surface area contributed by atoms with E-state index in [9.17, 15) is 0 Å². The van der Waals surface area contributed by atoms with Gasteiger partial charge < -0.3 is 15.5 Å². The number of rotatable bonds is 9. The molecule has 1 aliphatic carbocycles. The minimum Gasteiger partial charge on any atom is -0.354 e. The molecule has 0 aromatic carbocycles. The lowest BCUT2D eigenvalue weighted by Gasteiger charge is -2.20. The van der Waals surface area contributed by atoms with Crippen molar-refractivity contribution in [2.24, 2.45) is 5.41 Å². The van der Waals surface area contributed by atoms with Gasteiger partial charge in [-0.15, -0.1) is 0 Å². The fourth-order valence-corrected chi connectivity index (χ4v) is 2.09. The van der Waals surface area contributed by atoms with Crippen LogP contribution in [-0.2, 0) is 0 Å². The van der Waals surface area contributed by atoms with E-state index in [1.54, 1.807) is 0 Å². The van der Waals surface area contributed by atoms with E-state index in [2.05, 4.69) is 58.2 Å². The zero-order valence-corrected chi connectivity index (χ0v) is 13.7. The first-order valence-electron chi connectivity index (χ1n) is 8.09. The molecule has 0 aliphatic heterocycles. The molecule has 0 spiro atoms. The van der Waals surface area contributed by atoms with Crippen LogP contribution in [0, 0.1) is 5.41 Å². The van der Waals surface area contributed by atoms with Crippen LogP contribution >= 0.6 is 0 Å². The Balaban J connectivity index is 2.14. The Kier molecular flexibility index (Phi) is 5.20. The van der Waals surface area contributed by atoms with Gasteiger partial charge in [0.25, 0.3) is 0 Å². The molecule has 2 N–H and O–H groups in total. The zero-order chi connectivity index (χ0) is 15.3. The Morgan fingerprint density at radius 2 is 1.62 bits per heavy atom. The van der Waals surface area contributed by atoms with E-state index in [-0.39, 0.29) is 0 Å². The molecule has 6 nitrogen and oxygen atoms in total. The monoisotopic (exact) mass is 292 g/mol. The largest absolute Gasteiger partial charge is 0.354 e. The van der Waals surface area contributed by atoms with Crippen LogP contribution in [0.25, 0.3) is 0 Å². The second-order valence-electron chi connectivity index (χ2n) is 6.05. The maximum absolute atomic E-state index is 4.57. The maximum atomic E-state index is 4.57. The average molecular weight is 292 g/mol. The van der Waals surface area contributed by atoms with Crippen molar-refractivity contribution in [2.75, 3.05) is 41.7 Å². The minimum absolute atomic E-state index is 0.430. The van der Waals surface area contributed by atoms with E-state index in [0.717, 1.165) is 38.5 Å². The standard InChI is InChI=1S/C15H28N6/c1-5-10-16-12-18-13(17-11-15(4)8-9-15)20-14(19-12)21(6-2)7-3/h5-11H2,1-4H3,(H2,16,17,18,19,20). The Morgan fingerprint density at radius 1 is 1.00 bits per heavy atom. The van der Waals surface area contributed by atoms with Gasteiger partial charge in [-0.1, -0.05) is 13.8 Å². The molecule has 2 rings (SSSR count). The molecule has 1 aromatic heterocycles. The molecule has 0 bridgehead atoms. The highest BCUT2D eigenvalue weighted by Crippen LogP contribution is 2.44. The molecule has 1 saturated carbocycles. The number of hydrogen-bond donors (Lipinski definition) is 2. The fourth-order valence-electron chi connectivity index (χ4n) is 2.09. The highest BCUT2D eigenvalue weighted by Gasteiger charge is 2.37. The average Bonchev–Trinajstić information content (AvgIpc) is 3.23. The summed E-state index contributed by atoms with van der Waals surface area (Å²) in [5.41, 5.74) is 0.430. The van der Waals surface area contributed by atoms with E-state index >= 15 is 0 Å². The van der Waals surface area contributed by atoms with Crippen molar-refractivity contribution >= 4 is 17.8 Å². The summed E-state index contributed by atoms with van der Waals surface area (Å²) in [6.07, 6.45) is 3.62. The van der Waals surface area contributed by atoms with Gasteiger partial charge in [0, 0.05) is 26.2 Å². The van der Waals surface area contributed by atoms with Crippen LogP contribution in [-0.4, -0.2) is 41.1 Å². The van der Waals surface area contributed by atoms with Crippen LogP contribution in [0.5, 0.6) is 0 Å². The number of nitrogens with one attached hydrogen (secondary N) is 2. The maximum Gasteiger partial charge on any atom is 0.231 e. The van der Waals surface area contributed by atoms with Crippen molar-refractivity contribution in [1.82, 2.24) is 15.0 Å². The number of nitrogens with zero attached hydrogens (tertiary/aromatic N) is 4. The highest BCUT2D eigenvalue weighted by molar-refractivity contribution is 5.43. The topological polar surface area (TPSA) is 66.0 Å². The zero-order valence-electron chi connectivity index (χ0n) is 13.7. The van der Waals surface area contributed by atoms with Gasteiger partial charge in [0.05, 0.1) is 0 Å². The fraction of sp³-hybridized carbons (Fsp3) is 0.800. The summed E-state index contributed by atoms with van der Waals surface area (Å²) in [6.45, 7) is 12.3. The number of aromatic nitrogens is 3. The van der Waals surface area contributed by atoms with Gasteiger partial charge in [-0.2, -0.15) is 15.0 Å². The van der Waals surface area contributed by atoms with Crippen LogP contribution in [0.4, 0.5) is 17.8 Å². The summed E-state index contributed by atoms with van der Waals surface area (Å²) in [5, 5.41) is 6.64. The normalized spacial score (nSPS) is 15.6. The lowest BCUT2D eigenvalue weighted by molar-refractivity contribution is 0.607. The summed E-state index contributed by atoms with van der Waals surface area (Å²) in [5.74, 6) is 2.09. The van der Waals surface area contributed by atoms with Crippen molar-refractivity contribution in [2.45, 2.75) is 47.0 Å². The molecule has 0 amide bonds. The van der Waals surface area contributed by atoms with Gasteiger partial charge >= 0.3 is 0 Å². The van der Waals surface area contributed by atoms with E-state index in [4.69, 9.17) is 0 Å². The molecular formula is C15H28N6. The molecule has 0 unspecified atom stereocenters. The van der Waals surface area contributed by atoms with Crippen LogP contribution in [0.1, 0.15) is 47.0 Å². The third kappa shape index (κ3) is 4.44. The van der Waals surface area contributed by atoms with Gasteiger partial charge in [0.15, 0.2) is 0 Å².